The number of fused-ring (bicyclic) bond motifs is 2. The lowest BCUT2D eigenvalue weighted by atomic mass is 9.72. The Hall–Kier alpha value is -2.01. The highest BCUT2D eigenvalue weighted by atomic mass is 35.5. The van der Waals surface area contributed by atoms with Gasteiger partial charge < -0.3 is 5.32 Å². The van der Waals surface area contributed by atoms with Crippen molar-refractivity contribution in [3.63, 3.8) is 0 Å². The van der Waals surface area contributed by atoms with E-state index in [0.717, 1.165) is 30.5 Å². The minimum atomic E-state index is -0.155. The number of halogens is 3. The van der Waals surface area contributed by atoms with Crippen molar-refractivity contribution in [3.8, 4) is 0 Å². The molecule has 7 heteroatoms. The maximum absolute atomic E-state index is 13.3. The standard InChI is InChI=1S/C25H24Cl3N3O/c26-18-9-7-15(8-10-18)23-14-21(30-31(23)22-12-11-19(27)13-20(22)28)25(32)29-24-16-3-1-4-17(24)6-2-5-16/h1,3,7-13,16-17,23-24H,2,4-6,14H2,(H,29,32). The molecule has 2 aliphatic carbocycles. The van der Waals surface area contributed by atoms with Crippen LogP contribution in [0.3, 0.4) is 0 Å². The van der Waals surface area contributed by atoms with Gasteiger partial charge in [-0.05, 0) is 67.0 Å². The maximum Gasteiger partial charge on any atom is 0.267 e. The van der Waals surface area contributed by atoms with Gasteiger partial charge in [-0.2, -0.15) is 5.10 Å². The molecule has 0 aromatic heterocycles. The van der Waals surface area contributed by atoms with Crippen LogP contribution >= 0.6 is 34.8 Å². The minimum Gasteiger partial charge on any atom is -0.347 e. The van der Waals surface area contributed by atoms with E-state index in [1.807, 2.05) is 35.3 Å². The first-order valence-electron chi connectivity index (χ1n) is 11.0. The molecule has 0 saturated heterocycles. The number of rotatable bonds is 4. The van der Waals surface area contributed by atoms with Crippen molar-refractivity contribution in [2.24, 2.45) is 16.9 Å². The van der Waals surface area contributed by atoms with Crippen LogP contribution in [-0.2, 0) is 4.79 Å². The zero-order chi connectivity index (χ0) is 22.2. The van der Waals surface area contributed by atoms with Gasteiger partial charge in [-0.3, -0.25) is 9.80 Å². The molecule has 4 unspecified atom stereocenters. The highest BCUT2D eigenvalue weighted by Gasteiger charge is 2.38. The van der Waals surface area contributed by atoms with Gasteiger partial charge in [0.25, 0.3) is 5.91 Å². The summed E-state index contributed by atoms with van der Waals surface area (Å²) in [5.74, 6) is 0.842. The van der Waals surface area contributed by atoms with Crippen molar-refractivity contribution in [2.45, 2.75) is 44.2 Å². The molecule has 32 heavy (non-hydrogen) atoms. The zero-order valence-electron chi connectivity index (χ0n) is 17.5. The summed E-state index contributed by atoms with van der Waals surface area (Å²) in [5.41, 5.74) is 2.25. The second-order valence-corrected chi connectivity index (χ2v) is 10.1. The Morgan fingerprint density at radius 1 is 1.03 bits per heavy atom. The molecule has 2 aromatic rings. The van der Waals surface area contributed by atoms with Crippen LogP contribution in [-0.4, -0.2) is 17.7 Å². The van der Waals surface area contributed by atoms with Gasteiger partial charge >= 0.3 is 0 Å². The van der Waals surface area contributed by atoms with E-state index in [0.29, 0.717) is 39.0 Å². The van der Waals surface area contributed by atoms with E-state index in [-0.39, 0.29) is 18.0 Å². The molecule has 3 aliphatic rings. The van der Waals surface area contributed by atoms with Crippen molar-refractivity contribution < 1.29 is 4.79 Å². The summed E-state index contributed by atoms with van der Waals surface area (Å²) < 4.78 is 0. The summed E-state index contributed by atoms with van der Waals surface area (Å²) in [6.45, 7) is 0. The van der Waals surface area contributed by atoms with Crippen molar-refractivity contribution in [2.75, 3.05) is 5.01 Å². The molecule has 166 valence electrons. The Morgan fingerprint density at radius 3 is 2.56 bits per heavy atom. The second kappa shape index (κ2) is 9.09. The molecule has 1 saturated carbocycles. The first-order valence-corrected chi connectivity index (χ1v) is 12.2. The zero-order valence-corrected chi connectivity index (χ0v) is 19.7. The van der Waals surface area contributed by atoms with Crippen LogP contribution in [0.15, 0.2) is 59.7 Å². The summed E-state index contributed by atoms with van der Waals surface area (Å²) in [4.78, 5) is 13.3. The average molecular weight is 489 g/mol. The number of benzene rings is 2. The predicted molar refractivity (Wildman–Crippen MR) is 132 cm³/mol. The number of hydrogen-bond acceptors (Lipinski definition) is 3. The number of nitrogens with one attached hydrogen (secondary N) is 1. The van der Waals surface area contributed by atoms with Crippen molar-refractivity contribution in [1.82, 2.24) is 5.32 Å². The van der Waals surface area contributed by atoms with E-state index in [2.05, 4.69) is 17.5 Å². The number of hydrogen-bond donors (Lipinski definition) is 1. The van der Waals surface area contributed by atoms with E-state index in [4.69, 9.17) is 39.9 Å². The molecule has 1 aliphatic heterocycles. The summed E-state index contributed by atoms with van der Waals surface area (Å²) >= 11 is 18.7. The smallest absolute Gasteiger partial charge is 0.267 e. The van der Waals surface area contributed by atoms with Gasteiger partial charge in [0.2, 0.25) is 0 Å². The highest BCUT2D eigenvalue weighted by Crippen LogP contribution is 2.40. The van der Waals surface area contributed by atoms with Gasteiger partial charge in [-0.25, -0.2) is 0 Å². The van der Waals surface area contributed by atoms with Gasteiger partial charge in [0.05, 0.1) is 16.8 Å². The Labute approximate surface area is 203 Å². The largest absolute Gasteiger partial charge is 0.347 e. The molecule has 1 amide bonds. The fourth-order valence-corrected chi connectivity index (χ4v) is 5.79. The molecule has 2 bridgehead atoms. The highest BCUT2D eigenvalue weighted by molar-refractivity contribution is 6.40. The maximum atomic E-state index is 13.3. The van der Waals surface area contributed by atoms with Gasteiger partial charge in [0.1, 0.15) is 5.71 Å². The number of hydrazone groups is 1. The van der Waals surface area contributed by atoms with E-state index in [1.54, 1.807) is 12.1 Å². The molecule has 5 rings (SSSR count). The first-order chi connectivity index (χ1) is 15.5. The molecular formula is C25H24Cl3N3O. The fourth-order valence-electron chi connectivity index (χ4n) is 5.17. The Kier molecular flexibility index (Phi) is 6.20. The Morgan fingerprint density at radius 2 is 1.81 bits per heavy atom. The average Bonchev–Trinajstić information content (AvgIpc) is 3.19. The third-order valence-electron chi connectivity index (χ3n) is 6.79. The third kappa shape index (κ3) is 4.28. The Bertz CT molecular complexity index is 1080. The molecule has 1 N–H and O–H groups in total. The monoisotopic (exact) mass is 487 g/mol. The van der Waals surface area contributed by atoms with E-state index in [9.17, 15) is 4.79 Å². The summed E-state index contributed by atoms with van der Waals surface area (Å²) in [7, 11) is 0. The fraction of sp³-hybridized carbons (Fsp3) is 0.360. The van der Waals surface area contributed by atoms with Crippen LogP contribution in [0.4, 0.5) is 5.69 Å². The van der Waals surface area contributed by atoms with Crippen molar-refractivity contribution in [3.05, 3.63) is 75.2 Å². The van der Waals surface area contributed by atoms with Gasteiger partial charge in [0.15, 0.2) is 0 Å². The van der Waals surface area contributed by atoms with E-state index < -0.39 is 0 Å². The van der Waals surface area contributed by atoms with Crippen molar-refractivity contribution >= 4 is 52.1 Å². The lowest BCUT2D eigenvalue weighted by molar-refractivity contribution is -0.116. The second-order valence-electron chi connectivity index (χ2n) is 8.78. The number of carbonyl (C=O) groups excluding carboxylic acids is 1. The predicted octanol–water partition coefficient (Wildman–Crippen LogP) is 6.82. The number of allylic oxidation sites excluding steroid dienone is 1. The number of carbonyl (C=O) groups is 1. The lowest BCUT2D eigenvalue weighted by Gasteiger charge is -2.39. The summed E-state index contributed by atoms with van der Waals surface area (Å²) in [6.07, 6.45) is 9.59. The van der Waals surface area contributed by atoms with Crippen molar-refractivity contribution in [1.29, 1.82) is 0 Å². The molecule has 4 nitrogen and oxygen atoms in total. The quantitative estimate of drug-likeness (QED) is 0.480. The summed E-state index contributed by atoms with van der Waals surface area (Å²) in [5, 5.41) is 11.6. The number of amides is 1. The van der Waals surface area contributed by atoms with Gasteiger partial charge in [0, 0.05) is 22.5 Å². The SMILES string of the molecule is O=C(NC1C2C=CCC1CCC2)C1=NN(c2ccc(Cl)cc2Cl)C(c2ccc(Cl)cc2)C1. The molecule has 2 aromatic carbocycles. The van der Waals surface area contributed by atoms with Gasteiger partial charge in [-0.15, -0.1) is 0 Å². The Balaban J connectivity index is 1.44. The third-order valence-corrected chi connectivity index (χ3v) is 7.57. The molecule has 4 atom stereocenters. The van der Waals surface area contributed by atoms with E-state index in [1.165, 1.54) is 6.42 Å². The van der Waals surface area contributed by atoms with Crippen LogP contribution in [0.1, 0.15) is 43.7 Å². The van der Waals surface area contributed by atoms with Crippen LogP contribution in [0.5, 0.6) is 0 Å². The summed E-state index contributed by atoms with van der Waals surface area (Å²) in [6, 6.07) is 13.0. The molecule has 1 fully saturated rings. The topological polar surface area (TPSA) is 44.7 Å². The van der Waals surface area contributed by atoms with Crippen LogP contribution in [0.25, 0.3) is 0 Å². The van der Waals surface area contributed by atoms with E-state index >= 15 is 0 Å². The molecule has 1 heterocycles. The lowest BCUT2D eigenvalue weighted by Crippen LogP contribution is -2.50. The molecule has 0 spiro atoms. The van der Waals surface area contributed by atoms with Crippen LogP contribution < -0.4 is 10.3 Å². The number of nitrogens with zero attached hydrogens (tertiary/aromatic N) is 2. The van der Waals surface area contributed by atoms with Gasteiger partial charge in [-0.1, -0.05) is 65.5 Å². The molecular weight excluding hydrogens is 465 g/mol. The van der Waals surface area contributed by atoms with Crippen LogP contribution in [0, 0.1) is 11.8 Å². The molecule has 0 radical (unpaired) electrons. The van der Waals surface area contributed by atoms with Crippen LogP contribution in [0.2, 0.25) is 15.1 Å². The normalized spacial score (nSPS) is 26.7. The minimum absolute atomic E-state index is 0.0891. The number of anilines is 1. The first kappa shape index (κ1) is 21.8.